The summed E-state index contributed by atoms with van der Waals surface area (Å²) in [6, 6.07) is 4.27. The van der Waals surface area contributed by atoms with Gasteiger partial charge in [-0.15, -0.1) is 11.3 Å². The number of phenols is 1. The number of phenolic OH excluding ortho intramolecular Hbond substituents is 1. The van der Waals surface area contributed by atoms with Gasteiger partial charge in [0.05, 0.1) is 6.04 Å². The second-order valence-electron chi connectivity index (χ2n) is 16.9. The largest absolute Gasteiger partial charge is 0.508 e. The van der Waals surface area contributed by atoms with Crippen LogP contribution in [0, 0.1) is 23.7 Å². The molecule has 3 amide bonds. The molecule has 1 aromatic heterocycles. The number of piperidine rings is 1. The standard InChI is InChI=1S/C44H67N5O9S/c1-11-28(6)40(47-42(55)36-14-12-13-19-48(36)10)44(56)49(25-57-39(53)20-26(2)3)37(27(4)5)23-38(58-31(9)51)43-46-35(24-59-43)41(54)45-33(21-29(7)30(8)50)22-32-15-17-34(52)18-16-32/h15-18,24,26-29,33,36-38,40,52H,11-14,19-23,25H2,1-10H3,(H,45,54)(H,47,55). The third-order valence-corrected chi connectivity index (χ3v) is 12.1. The number of carbonyl (C=O) groups is 6. The Morgan fingerprint density at radius 3 is 2.24 bits per heavy atom. The van der Waals surface area contributed by atoms with Gasteiger partial charge in [-0.1, -0.05) is 73.4 Å². The summed E-state index contributed by atoms with van der Waals surface area (Å²) in [6.45, 7) is 16.5. The first kappa shape index (κ1) is 49.0. The maximum absolute atomic E-state index is 14.8. The molecule has 3 rings (SSSR count). The lowest BCUT2D eigenvalue weighted by Gasteiger charge is -2.39. The quantitative estimate of drug-likeness (QED) is 0.0905. The van der Waals surface area contributed by atoms with Crippen molar-refractivity contribution in [3.05, 3.63) is 45.9 Å². The maximum atomic E-state index is 14.8. The van der Waals surface area contributed by atoms with Crippen molar-refractivity contribution in [2.45, 2.75) is 144 Å². The Kier molecular flexibility index (Phi) is 19.5. The molecule has 14 nitrogen and oxygen atoms in total. The number of hydrogen-bond donors (Lipinski definition) is 3. The number of nitrogens with zero attached hydrogens (tertiary/aromatic N) is 3. The number of ketones is 1. The van der Waals surface area contributed by atoms with Crippen LogP contribution in [0.15, 0.2) is 29.6 Å². The van der Waals surface area contributed by atoms with Crippen LogP contribution < -0.4 is 10.6 Å². The van der Waals surface area contributed by atoms with Gasteiger partial charge in [0.25, 0.3) is 5.91 Å². The van der Waals surface area contributed by atoms with Crippen LogP contribution in [0.2, 0.25) is 0 Å². The number of likely N-dealkylation sites (tertiary alicyclic amines) is 1. The highest BCUT2D eigenvalue weighted by atomic mass is 32.1. The number of rotatable bonds is 22. The first-order valence-electron chi connectivity index (χ1n) is 21.0. The number of esters is 2. The summed E-state index contributed by atoms with van der Waals surface area (Å²) in [5.41, 5.74) is 0.958. The molecule has 328 valence electrons. The Balaban J connectivity index is 1.96. The number of ether oxygens (including phenoxy) is 2. The Labute approximate surface area is 354 Å². The van der Waals surface area contributed by atoms with Crippen molar-refractivity contribution in [3.8, 4) is 5.75 Å². The molecular formula is C44H67N5O9S. The van der Waals surface area contributed by atoms with Gasteiger partial charge < -0.3 is 30.1 Å². The van der Waals surface area contributed by atoms with E-state index < -0.39 is 48.0 Å². The van der Waals surface area contributed by atoms with Crippen LogP contribution in [0.25, 0.3) is 0 Å². The van der Waals surface area contributed by atoms with Crippen LogP contribution >= 0.6 is 11.3 Å². The molecule has 0 aliphatic carbocycles. The molecule has 0 spiro atoms. The van der Waals surface area contributed by atoms with Gasteiger partial charge in [-0.05, 0) is 81.6 Å². The van der Waals surface area contributed by atoms with E-state index in [4.69, 9.17) is 9.47 Å². The lowest BCUT2D eigenvalue weighted by Crippen LogP contribution is -2.59. The molecule has 1 aromatic carbocycles. The molecule has 1 aliphatic heterocycles. The van der Waals surface area contributed by atoms with Crippen LogP contribution in [-0.2, 0) is 39.9 Å². The Morgan fingerprint density at radius 2 is 1.66 bits per heavy atom. The summed E-state index contributed by atoms with van der Waals surface area (Å²) >= 11 is 1.14. The molecule has 1 fully saturated rings. The van der Waals surface area contributed by atoms with Crippen molar-refractivity contribution in [1.82, 2.24) is 25.4 Å². The number of thiazole rings is 1. The van der Waals surface area contributed by atoms with Crippen molar-refractivity contribution in [2.24, 2.45) is 23.7 Å². The molecule has 1 saturated heterocycles. The molecule has 7 unspecified atom stereocenters. The van der Waals surface area contributed by atoms with Gasteiger partial charge in [0.2, 0.25) is 11.8 Å². The van der Waals surface area contributed by atoms with Gasteiger partial charge in [-0.2, -0.15) is 0 Å². The van der Waals surface area contributed by atoms with Crippen molar-refractivity contribution >= 4 is 46.8 Å². The van der Waals surface area contributed by atoms with Crippen molar-refractivity contribution in [2.75, 3.05) is 20.3 Å². The summed E-state index contributed by atoms with van der Waals surface area (Å²) in [4.78, 5) is 88.1. The number of nitrogens with one attached hydrogen (secondary N) is 2. The third kappa shape index (κ3) is 15.3. The number of aromatic hydroxyl groups is 1. The highest BCUT2D eigenvalue weighted by Crippen LogP contribution is 2.32. The van der Waals surface area contributed by atoms with Crippen molar-refractivity contribution in [3.63, 3.8) is 0 Å². The normalized spacial score (nSPS) is 17.6. The van der Waals surface area contributed by atoms with E-state index >= 15 is 0 Å². The van der Waals surface area contributed by atoms with E-state index in [1.54, 1.807) is 29.6 Å². The van der Waals surface area contributed by atoms with E-state index in [-0.39, 0.29) is 72.4 Å². The Morgan fingerprint density at radius 1 is 0.983 bits per heavy atom. The number of benzene rings is 1. The molecule has 59 heavy (non-hydrogen) atoms. The fraction of sp³-hybridized carbons (Fsp3) is 0.659. The topological polar surface area (TPSA) is 185 Å². The second kappa shape index (κ2) is 23.4. The number of aromatic nitrogens is 1. The summed E-state index contributed by atoms with van der Waals surface area (Å²) in [5, 5.41) is 17.7. The Hall–Kier alpha value is -4.37. The van der Waals surface area contributed by atoms with Gasteiger partial charge >= 0.3 is 11.9 Å². The van der Waals surface area contributed by atoms with Crippen LogP contribution in [0.3, 0.4) is 0 Å². The number of Topliss-reactive ketones (excluding diaryl/α,β-unsaturated/α-hetero) is 1. The molecule has 15 heteroatoms. The monoisotopic (exact) mass is 841 g/mol. The van der Waals surface area contributed by atoms with Gasteiger partial charge in [0.1, 0.15) is 28.3 Å². The highest BCUT2D eigenvalue weighted by Gasteiger charge is 2.39. The fourth-order valence-corrected chi connectivity index (χ4v) is 8.09. The minimum Gasteiger partial charge on any atom is -0.508 e. The summed E-state index contributed by atoms with van der Waals surface area (Å²) in [7, 11) is 1.91. The van der Waals surface area contributed by atoms with Crippen molar-refractivity contribution in [1.29, 1.82) is 0 Å². The van der Waals surface area contributed by atoms with Crippen LogP contribution in [-0.4, -0.2) is 99.8 Å². The van der Waals surface area contributed by atoms with Crippen LogP contribution in [0.5, 0.6) is 5.75 Å². The zero-order chi connectivity index (χ0) is 44.0. The molecule has 7 atom stereocenters. The summed E-state index contributed by atoms with van der Waals surface area (Å²) in [6.07, 6.45) is 3.21. The minimum absolute atomic E-state index is 0.00766. The van der Waals surface area contributed by atoms with Crippen molar-refractivity contribution < 1.29 is 43.3 Å². The first-order chi connectivity index (χ1) is 27.8. The molecule has 0 radical (unpaired) electrons. The highest BCUT2D eigenvalue weighted by molar-refractivity contribution is 7.09. The maximum Gasteiger partial charge on any atom is 0.307 e. The van der Waals surface area contributed by atoms with Gasteiger partial charge in [0.15, 0.2) is 12.8 Å². The molecule has 2 heterocycles. The third-order valence-electron chi connectivity index (χ3n) is 11.1. The van der Waals surface area contributed by atoms with Crippen LogP contribution in [0.1, 0.15) is 134 Å². The number of likely N-dealkylation sites (N-methyl/N-ethyl adjacent to an activating group) is 1. The van der Waals surface area contributed by atoms with E-state index in [0.29, 0.717) is 30.7 Å². The summed E-state index contributed by atoms with van der Waals surface area (Å²) < 4.78 is 11.6. The van der Waals surface area contributed by atoms with Gasteiger partial charge in [0, 0.05) is 43.1 Å². The zero-order valence-corrected chi connectivity index (χ0v) is 37.4. The van der Waals surface area contributed by atoms with E-state index in [2.05, 4.69) is 15.6 Å². The molecule has 1 aliphatic rings. The van der Waals surface area contributed by atoms with Gasteiger partial charge in [-0.25, -0.2) is 4.98 Å². The summed E-state index contributed by atoms with van der Waals surface area (Å²) in [5.74, 6) is -2.86. The average molecular weight is 842 g/mol. The second-order valence-corrected chi connectivity index (χ2v) is 17.8. The smallest absolute Gasteiger partial charge is 0.307 e. The minimum atomic E-state index is -0.980. The zero-order valence-electron chi connectivity index (χ0n) is 36.6. The SMILES string of the molecule is CCC(C)C(NC(=O)C1CCCCN1C)C(=O)N(COC(=O)CC(C)C)C(CC(OC(C)=O)c1nc(C(=O)NC(Cc2ccc(O)cc2)CC(C)C(C)=O)cs1)C(C)C. The fourth-order valence-electron chi connectivity index (χ4n) is 7.25. The van der Waals surface area contributed by atoms with E-state index in [1.807, 2.05) is 60.4 Å². The molecule has 3 N–H and O–H groups in total. The molecule has 2 aromatic rings. The predicted octanol–water partition coefficient (Wildman–Crippen LogP) is 6.21. The average Bonchev–Trinajstić information content (AvgIpc) is 3.67. The Bertz CT molecular complexity index is 1710. The first-order valence-corrected chi connectivity index (χ1v) is 21.9. The predicted molar refractivity (Wildman–Crippen MR) is 226 cm³/mol. The van der Waals surface area contributed by atoms with E-state index in [1.165, 1.54) is 18.7 Å². The van der Waals surface area contributed by atoms with E-state index in [9.17, 15) is 33.9 Å². The van der Waals surface area contributed by atoms with Crippen LogP contribution in [0.4, 0.5) is 0 Å². The lowest BCUT2D eigenvalue weighted by atomic mass is 9.92. The molecular weight excluding hydrogens is 775 g/mol. The molecule has 0 saturated carbocycles. The van der Waals surface area contributed by atoms with E-state index in [0.717, 1.165) is 36.3 Å². The number of hydrogen-bond acceptors (Lipinski definition) is 12. The molecule has 0 bridgehead atoms. The lowest BCUT2D eigenvalue weighted by molar-refractivity contribution is -0.161. The number of amides is 3. The number of carbonyl (C=O) groups excluding carboxylic acids is 6. The van der Waals surface area contributed by atoms with Gasteiger partial charge in [-0.3, -0.25) is 33.7 Å².